The molecule has 0 aliphatic carbocycles. The normalized spacial score (nSPS) is 10.7. The van der Waals surface area contributed by atoms with Gasteiger partial charge in [-0.25, -0.2) is 4.98 Å². The van der Waals surface area contributed by atoms with Gasteiger partial charge < -0.3 is 5.73 Å². The molecule has 0 aliphatic rings. The van der Waals surface area contributed by atoms with E-state index in [4.69, 9.17) is 34.2 Å². The fourth-order valence-corrected chi connectivity index (χ4v) is 2.57. The zero-order chi connectivity index (χ0) is 14.3. The Balaban J connectivity index is 2.33. The number of halogens is 2. The van der Waals surface area contributed by atoms with E-state index in [2.05, 4.69) is 4.98 Å². The van der Waals surface area contributed by atoms with E-state index in [0.29, 0.717) is 32.8 Å². The Morgan fingerprint density at radius 2 is 1.95 bits per heavy atom. The maximum Gasteiger partial charge on any atom is 0.206 e. The van der Waals surface area contributed by atoms with Gasteiger partial charge in [0.2, 0.25) is 5.95 Å². The van der Waals surface area contributed by atoms with E-state index in [1.807, 2.05) is 18.2 Å². The number of hydrogen-bond acceptors (Lipinski definition) is 3. The zero-order valence-electron chi connectivity index (χ0n) is 10.1. The fourth-order valence-electron chi connectivity index (χ4n) is 2.09. The summed E-state index contributed by atoms with van der Waals surface area (Å²) in [5.74, 6) is 0.291. The van der Waals surface area contributed by atoms with Crippen molar-refractivity contribution in [2.24, 2.45) is 0 Å². The second kappa shape index (κ2) is 4.71. The number of hydrogen-bond donors (Lipinski definition) is 1. The van der Waals surface area contributed by atoms with Crippen LogP contribution in [0.3, 0.4) is 0 Å². The Kier molecular flexibility index (Phi) is 3.01. The second-order valence-corrected chi connectivity index (χ2v) is 5.01. The molecule has 0 spiro atoms. The highest BCUT2D eigenvalue weighted by atomic mass is 35.5. The molecule has 0 amide bonds. The molecule has 6 heteroatoms. The Labute approximate surface area is 125 Å². The molecule has 2 aromatic carbocycles. The van der Waals surface area contributed by atoms with E-state index in [0.717, 1.165) is 5.52 Å². The van der Waals surface area contributed by atoms with E-state index < -0.39 is 0 Å². The van der Waals surface area contributed by atoms with Crippen LogP contribution in [0.15, 0.2) is 36.4 Å². The lowest BCUT2D eigenvalue weighted by Gasteiger charge is -2.09. The number of benzene rings is 2. The molecule has 0 fully saturated rings. The smallest absolute Gasteiger partial charge is 0.206 e. The highest BCUT2D eigenvalue weighted by molar-refractivity contribution is 6.35. The van der Waals surface area contributed by atoms with E-state index in [1.165, 1.54) is 0 Å². The number of anilines is 1. The standard InChI is InChI=1S/C14H8Cl2N4/c15-9-2-1-3-12-13(9)19-14(18)20(12)11-5-4-8(7-17)6-10(11)16/h1-6H,(H2,18,19). The summed E-state index contributed by atoms with van der Waals surface area (Å²) in [4.78, 5) is 4.26. The molecule has 98 valence electrons. The minimum atomic E-state index is 0.291. The minimum absolute atomic E-state index is 0.291. The molecule has 1 aromatic heterocycles. The lowest BCUT2D eigenvalue weighted by atomic mass is 10.2. The molecule has 0 saturated heterocycles. The molecule has 0 atom stereocenters. The Morgan fingerprint density at radius 1 is 1.15 bits per heavy atom. The van der Waals surface area contributed by atoms with E-state index in [-0.39, 0.29) is 0 Å². The van der Waals surface area contributed by atoms with Gasteiger partial charge in [-0.05, 0) is 30.3 Å². The van der Waals surface area contributed by atoms with Crippen LogP contribution >= 0.6 is 23.2 Å². The summed E-state index contributed by atoms with van der Waals surface area (Å²) in [7, 11) is 0. The average Bonchev–Trinajstić information content (AvgIpc) is 2.77. The van der Waals surface area contributed by atoms with Crippen molar-refractivity contribution in [2.75, 3.05) is 5.73 Å². The molecular weight excluding hydrogens is 295 g/mol. The molecule has 0 radical (unpaired) electrons. The number of fused-ring (bicyclic) bond motifs is 1. The molecule has 0 saturated carbocycles. The van der Waals surface area contributed by atoms with E-state index >= 15 is 0 Å². The maximum atomic E-state index is 8.88. The topological polar surface area (TPSA) is 67.6 Å². The van der Waals surface area contributed by atoms with Crippen molar-refractivity contribution in [1.29, 1.82) is 5.26 Å². The van der Waals surface area contributed by atoms with Gasteiger partial charge in [0.1, 0.15) is 5.52 Å². The number of aromatic nitrogens is 2. The van der Waals surface area contributed by atoms with Crippen molar-refractivity contribution < 1.29 is 0 Å². The number of nitrogens with two attached hydrogens (primary N) is 1. The van der Waals surface area contributed by atoms with Gasteiger partial charge in [0.05, 0.1) is 32.9 Å². The number of para-hydroxylation sites is 1. The molecule has 0 unspecified atom stereocenters. The van der Waals surface area contributed by atoms with Crippen LogP contribution in [0.5, 0.6) is 0 Å². The number of imidazole rings is 1. The van der Waals surface area contributed by atoms with Gasteiger partial charge in [0, 0.05) is 0 Å². The van der Waals surface area contributed by atoms with Crippen molar-refractivity contribution in [1.82, 2.24) is 9.55 Å². The van der Waals surface area contributed by atoms with Crippen LogP contribution in [0, 0.1) is 11.3 Å². The summed E-state index contributed by atoms with van der Waals surface area (Å²) in [6.07, 6.45) is 0. The Bertz CT molecular complexity index is 861. The fraction of sp³-hybridized carbons (Fsp3) is 0. The first-order chi connectivity index (χ1) is 9.61. The molecular formula is C14H8Cl2N4. The predicted molar refractivity (Wildman–Crippen MR) is 80.2 cm³/mol. The molecule has 1 heterocycles. The van der Waals surface area contributed by atoms with Crippen LogP contribution in [0.2, 0.25) is 10.0 Å². The van der Waals surface area contributed by atoms with Gasteiger partial charge in [-0.3, -0.25) is 4.57 Å². The monoisotopic (exact) mass is 302 g/mol. The predicted octanol–water partition coefficient (Wildman–Crippen LogP) is 3.79. The van der Waals surface area contributed by atoms with E-state index in [1.54, 1.807) is 28.8 Å². The molecule has 2 N–H and O–H groups in total. The van der Waals surface area contributed by atoms with Gasteiger partial charge in [0.15, 0.2) is 0 Å². The quantitative estimate of drug-likeness (QED) is 0.743. The van der Waals surface area contributed by atoms with Crippen LogP contribution in [0.4, 0.5) is 5.95 Å². The lowest BCUT2D eigenvalue weighted by molar-refractivity contribution is 1.11. The van der Waals surface area contributed by atoms with Gasteiger partial charge in [-0.2, -0.15) is 5.26 Å². The molecule has 4 nitrogen and oxygen atoms in total. The number of nitriles is 1. The third-order valence-electron chi connectivity index (χ3n) is 2.98. The molecule has 0 bridgehead atoms. The molecule has 3 rings (SSSR count). The number of nitrogens with zero attached hydrogens (tertiary/aromatic N) is 3. The highest BCUT2D eigenvalue weighted by Gasteiger charge is 2.14. The zero-order valence-corrected chi connectivity index (χ0v) is 11.7. The van der Waals surface area contributed by atoms with Gasteiger partial charge in [-0.15, -0.1) is 0 Å². The molecule has 0 aliphatic heterocycles. The summed E-state index contributed by atoms with van der Waals surface area (Å²) in [6, 6.07) is 12.5. The van der Waals surface area contributed by atoms with Crippen LogP contribution in [0.25, 0.3) is 16.7 Å². The molecule has 20 heavy (non-hydrogen) atoms. The average molecular weight is 303 g/mol. The van der Waals surface area contributed by atoms with Crippen LogP contribution < -0.4 is 5.73 Å². The third kappa shape index (κ3) is 1.88. The van der Waals surface area contributed by atoms with Crippen molar-refractivity contribution in [3.05, 3.63) is 52.0 Å². The van der Waals surface area contributed by atoms with Gasteiger partial charge in [-0.1, -0.05) is 29.3 Å². The first kappa shape index (κ1) is 12.8. The van der Waals surface area contributed by atoms with Crippen molar-refractivity contribution in [2.45, 2.75) is 0 Å². The second-order valence-electron chi connectivity index (χ2n) is 4.19. The molecule has 3 aromatic rings. The first-order valence-corrected chi connectivity index (χ1v) is 6.50. The summed E-state index contributed by atoms with van der Waals surface area (Å²) >= 11 is 12.3. The number of rotatable bonds is 1. The van der Waals surface area contributed by atoms with Crippen molar-refractivity contribution in [3.63, 3.8) is 0 Å². The summed E-state index contributed by atoms with van der Waals surface area (Å²) in [5, 5.41) is 9.83. The highest BCUT2D eigenvalue weighted by Crippen LogP contribution is 2.31. The van der Waals surface area contributed by atoms with Crippen molar-refractivity contribution in [3.8, 4) is 11.8 Å². The van der Waals surface area contributed by atoms with Crippen LogP contribution in [0.1, 0.15) is 5.56 Å². The third-order valence-corrected chi connectivity index (χ3v) is 3.59. The maximum absolute atomic E-state index is 8.88. The number of nitrogen functional groups attached to an aromatic ring is 1. The summed E-state index contributed by atoms with van der Waals surface area (Å²) in [6.45, 7) is 0. The SMILES string of the molecule is N#Cc1ccc(-n2c(N)nc3c(Cl)cccc32)c(Cl)c1. The van der Waals surface area contributed by atoms with Crippen LogP contribution in [-0.4, -0.2) is 9.55 Å². The van der Waals surface area contributed by atoms with Gasteiger partial charge >= 0.3 is 0 Å². The lowest BCUT2D eigenvalue weighted by Crippen LogP contribution is -2.01. The first-order valence-electron chi connectivity index (χ1n) is 5.74. The minimum Gasteiger partial charge on any atom is -0.369 e. The Morgan fingerprint density at radius 3 is 2.65 bits per heavy atom. The van der Waals surface area contributed by atoms with Gasteiger partial charge in [0.25, 0.3) is 0 Å². The van der Waals surface area contributed by atoms with Crippen LogP contribution in [-0.2, 0) is 0 Å². The largest absolute Gasteiger partial charge is 0.369 e. The summed E-state index contributed by atoms with van der Waals surface area (Å²) in [5.41, 5.74) is 8.49. The Hall–Kier alpha value is -2.22. The summed E-state index contributed by atoms with van der Waals surface area (Å²) < 4.78 is 1.71. The van der Waals surface area contributed by atoms with Crippen molar-refractivity contribution >= 4 is 40.2 Å². The van der Waals surface area contributed by atoms with E-state index in [9.17, 15) is 0 Å².